The fourth-order valence-electron chi connectivity index (χ4n) is 1.69. The van der Waals surface area contributed by atoms with Crippen molar-refractivity contribution >= 4 is 29.2 Å². The molecule has 0 amide bonds. The third-order valence-electron chi connectivity index (χ3n) is 2.88. The van der Waals surface area contributed by atoms with Gasteiger partial charge in [-0.05, 0) is 19.9 Å². The number of methoxy groups -OCH3 is 1. The molecule has 3 nitrogen and oxygen atoms in total. The van der Waals surface area contributed by atoms with Crippen LogP contribution in [0, 0.1) is 5.41 Å². The first kappa shape index (κ1) is 17.0. The maximum atomic E-state index is 14.2. The minimum Gasteiger partial charge on any atom is -0.495 e. The zero-order chi connectivity index (χ0) is 15.7. The zero-order valence-electron chi connectivity index (χ0n) is 11.1. The fourth-order valence-corrected chi connectivity index (χ4v) is 2.22. The van der Waals surface area contributed by atoms with E-state index in [0.717, 1.165) is 6.07 Å². The van der Waals surface area contributed by atoms with Gasteiger partial charge in [0.1, 0.15) is 5.75 Å². The number of alkyl halides is 2. The number of rotatable bonds is 5. The molecule has 0 aromatic heterocycles. The molecule has 0 fully saturated rings. The Kier molecular flexibility index (Phi) is 4.87. The molecule has 0 atom stereocenters. The molecule has 0 aliphatic rings. The number of halogens is 4. The average Bonchev–Trinajstić information content (AvgIpc) is 2.29. The van der Waals surface area contributed by atoms with Crippen molar-refractivity contribution in [2.24, 2.45) is 5.41 Å². The molecule has 0 bridgehead atoms. The van der Waals surface area contributed by atoms with Gasteiger partial charge in [-0.1, -0.05) is 23.2 Å². The fraction of sp³-hybridized carbons (Fsp3) is 0.462. The first-order chi connectivity index (χ1) is 9.01. The number of hydrogen-bond acceptors (Lipinski definition) is 2. The van der Waals surface area contributed by atoms with E-state index in [1.54, 1.807) is 0 Å². The number of carboxylic acid groups (broad SMARTS) is 1. The van der Waals surface area contributed by atoms with Gasteiger partial charge in [0.05, 0.1) is 22.6 Å². The number of carboxylic acids is 1. The van der Waals surface area contributed by atoms with Crippen LogP contribution in [0.25, 0.3) is 0 Å². The van der Waals surface area contributed by atoms with Crippen LogP contribution in [-0.4, -0.2) is 18.2 Å². The molecule has 7 heteroatoms. The van der Waals surface area contributed by atoms with Crippen molar-refractivity contribution in [3.8, 4) is 5.75 Å². The van der Waals surface area contributed by atoms with Gasteiger partial charge in [0.25, 0.3) is 5.92 Å². The summed E-state index contributed by atoms with van der Waals surface area (Å²) in [6.45, 7) is 2.45. The van der Waals surface area contributed by atoms with Gasteiger partial charge in [0.2, 0.25) is 0 Å². The Morgan fingerprint density at radius 1 is 1.30 bits per heavy atom. The summed E-state index contributed by atoms with van der Waals surface area (Å²) < 4.78 is 33.4. The average molecular weight is 327 g/mol. The number of carbonyl (C=O) groups is 1. The maximum absolute atomic E-state index is 14.2. The summed E-state index contributed by atoms with van der Waals surface area (Å²) >= 11 is 11.6. The van der Waals surface area contributed by atoms with Gasteiger partial charge in [0, 0.05) is 18.1 Å². The molecule has 0 heterocycles. The molecule has 20 heavy (non-hydrogen) atoms. The summed E-state index contributed by atoms with van der Waals surface area (Å²) in [6, 6.07) is 2.18. The molecule has 0 unspecified atom stereocenters. The van der Waals surface area contributed by atoms with Crippen molar-refractivity contribution in [1.82, 2.24) is 0 Å². The van der Waals surface area contributed by atoms with Crippen molar-refractivity contribution in [3.05, 3.63) is 27.7 Å². The monoisotopic (exact) mass is 326 g/mol. The van der Waals surface area contributed by atoms with Gasteiger partial charge in [0.15, 0.2) is 0 Å². The third-order valence-corrected chi connectivity index (χ3v) is 3.49. The number of benzene rings is 1. The summed E-state index contributed by atoms with van der Waals surface area (Å²) in [5, 5.41) is 8.71. The van der Waals surface area contributed by atoms with E-state index in [1.807, 2.05) is 0 Å². The van der Waals surface area contributed by atoms with E-state index >= 15 is 0 Å². The van der Waals surface area contributed by atoms with Crippen LogP contribution in [-0.2, 0) is 10.7 Å². The molecule has 0 saturated carbocycles. The molecular formula is C13H14Cl2F2O3. The van der Waals surface area contributed by atoms with Gasteiger partial charge in [-0.15, -0.1) is 0 Å². The summed E-state index contributed by atoms with van der Waals surface area (Å²) in [6.07, 6.45) is -0.891. The molecule has 0 radical (unpaired) electrons. The highest BCUT2D eigenvalue weighted by Crippen LogP contribution is 2.45. The molecule has 0 spiro atoms. The lowest BCUT2D eigenvalue weighted by molar-refractivity contribution is -0.153. The first-order valence-corrected chi connectivity index (χ1v) is 6.41. The molecule has 0 aliphatic heterocycles. The smallest absolute Gasteiger partial charge is 0.309 e. The molecule has 112 valence electrons. The summed E-state index contributed by atoms with van der Waals surface area (Å²) in [7, 11) is 1.34. The van der Waals surface area contributed by atoms with Crippen molar-refractivity contribution in [2.45, 2.75) is 26.2 Å². The summed E-state index contributed by atoms with van der Waals surface area (Å²) in [5.41, 5.74) is -2.11. The highest BCUT2D eigenvalue weighted by Gasteiger charge is 2.43. The van der Waals surface area contributed by atoms with E-state index in [0.29, 0.717) is 0 Å². The number of ether oxygens (including phenoxy) is 1. The first-order valence-electron chi connectivity index (χ1n) is 5.66. The topological polar surface area (TPSA) is 46.5 Å². The van der Waals surface area contributed by atoms with Crippen molar-refractivity contribution in [2.75, 3.05) is 7.11 Å². The van der Waals surface area contributed by atoms with Crippen LogP contribution in [0.5, 0.6) is 5.75 Å². The Bertz CT molecular complexity index is 531. The molecule has 1 aromatic carbocycles. The minimum absolute atomic E-state index is 0.0142. The molecular weight excluding hydrogens is 313 g/mol. The Morgan fingerprint density at radius 2 is 1.85 bits per heavy atom. The van der Waals surface area contributed by atoms with Crippen LogP contribution in [0.3, 0.4) is 0 Å². The van der Waals surface area contributed by atoms with Gasteiger partial charge in [-0.3, -0.25) is 4.79 Å². The molecule has 0 aliphatic carbocycles. The molecule has 1 aromatic rings. The van der Waals surface area contributed by atoms with Crippen LogP contribution in [0.2, 0.25) is 10.0 Å². The highest BCUT2D eigenvalue weighted by molar-refractivity contribution is 6.34. The lowest BCUT2D eigenvalue weighted by Crippen LogP contribution is -2.31. The van der Waals surface area contributed by atoms with E-state index < -0.39 is 29.3 Å². The van der Waals surface area contributed by atoms with Crippen molar-refractivity contribution in [1.29, 1.82) is 0 Å². The largest absolute Gasteiger partial charge is 0.495 e. The predicted molar refractivity (Wildman–Crippen MR) is 72.9 cm³/mol. The van der Waals surface area contributed by atoms with E-state index in [1.165, 1.54) is 27.0 Å². The number of hydrogen-bond donors (Lipinski definition) is 1. The minimum atomic E-state index is -3.42. The van der Waals surface area contributed by atoms with Crippen LogP contribution in [0.4, 0.5) is 8.78 Å². The highest BCUT2D eigenvalue weighted by atomic mass is 35.5. The second-order valence-corrected chi connectivity index (χ2v) is 5.85. The Hall–Kier alpha value is -1.07. The maximum Gasteiger partial charge on any atom is 0.309 e. The molecule has 0 saturated heterocycles. The Morgan fingerprint density at radius 3 is 2.30 bits per heavy atom. The third kappa shape index (κ3) is 3.52. The Labute approximate surface area is 125 Å². The van der Waals surface area contributed by atoms with Gasteiger partial charge in [-0.2, -0.15) is 0 Å². The lowest BCUT2D eigenvalue weighted by Gasteiger charge is -2.27. The molecule has 1 rings (SSSR count). The van der Waals surface area contributed by atoms with Gasteiger partial charge < -0.3 is 9.84 Å². The van der Waals surface area contributed by atoms with E-state index in [4.69, 9.17) is 33.0 Å². The lowest BCUT2D eigenvalue weighted by atomic mass is 9.84. The zero-order valence-corrected chi connectivity index (χ0v) is 12.6. The van der Waals surface area contributed by atoms with E-state index in [-0.39, 0.29) is 15.8 Å². The Balaban J connectivity index is 3.22. The second kappa shape index (κ2) is 5.74. The second-order valence-electron chi connectivity index (χ2n) is 5.04. The molecule has 1 N–H and O–H groups in total. The van der Waals surface area contributed by atoms with Crippen LogP contribution >= 0.6 is 23.2 Å². The van der Waals surface area contributed by atoms with Gasteiger partial charge in [-0.25, -0.2) is 8.78 Å². The number of aliphatic carboxylic acids is 1. The quantitative estimate of drug-likeness (QED) is 0.860. The van der Waals surface area contributed by atoms with Crippen LogP contribution < -0.4 is 4.74 Å². The normalized spacial score (nSPS) is 12.3. The van der Waals surface area contributed by atoms with Crippen LogP contribution in [0.1, 0.15) is 25.8 Å². The summed E-state index contributed by atoms with van der Waals surface area (Å²) in [5.74, 6) is -4.56. The summed E-state index contributed by atoms with van der Waals surface area (Å²) in [4.78, 5) is 11.0. The predicted octanol–water partition coefficient (Wildman–Crippen LogP) is 4.59. The standard InChI is InChI=1S/C13H14Cl2F2O3/c1-12(2,11(18)19)6-13(16,17)7-4-9(15)10(20-3)5-8(7)14/h4-5H,6H2,1-3H3,(H,18,19). The van der Waals surface area contributed by atoms with Crippen molar-refractivity contribution in [3.63, 3.8) is 0 Å². The van der Waals surface area contributed by atoms with E-state index in [9.17, 15) is 13.6 Å². The van der Waals surface area contributed by atoms with Gasteiger partial charge >= 0.3 is 5.97 Å². The SMILES string of the molecule is COc1cc(Cl)c(C(F)(F)CC(C)(C)C(=O)O)cc1Cl. The van der Waals surface area contributed by atoms with E-state index in [2.05, 4.69) is 0 Å². The van der Waals surface area contributed by atoms with Crippen LogP contribution in [0.15, 0.2) is 12.1 Å². The van der Waals surface area contributed by atoms with Crippen molar-refractivity contribution < 1.29 is 23.4 Å².